The molecule has 0 unspecified atom stereocenters. The third-order valence-corrected chi connectivity index (χ3v) is 5.50. The summed E-state index contributed by atoms with van der Waals surface area (Å²) in [5.41, 5.74) is 5.24. The van der Waals surface area contributed by atoms with Gasteiger partial charge < -0.3 is 20.1 Å². The van der Waals surface area contributed by atoms with Crippen LogP contribution in [0.25, 0.3) is 0 Å². The second kappa shape index (κ2) is 10.8. The van der Waals surface area contributed by atoms with Gasteiger partial charge in [-0.1, -0.05) is 42.0 Å². The van der Waals surface area contributed by atoms with Crippen LogP contribution in [0.3, 0.4) is 0 Å². The van der Waals surface area contributed by atoms with E-state index in [4.69, 9.17) is 9.47 Å². The molecule has 0 saturated carbocycles. The van der Waals surface area contributed by atoms with Crippen molar-refractivity contribution in [2.75, 3.05) is 26.4 Å². The number of hydrogen-bond donors (Lipinski definition) is 2. The van der Waals surface area contributed by atoms with Crippen molar-refractivity contribution in [1.82, 2.24) is 10.6 Å². The lowest BCUT2D eigenvalue weighted by molar-refractivity contribution is 0.0865. The minimum atomic E-state index is -0.144. The Hall–Kier alpha value is -3.64. The van der Waals surface area contributed by atoms with E-state index in [9.17, 15) is 9.59 Å². The molecule has 1 aliphatic heterocycles. The van der Waals surface area contributed by atoms with E-state index >= 15 is 0 Å². The molecule has 1 aliphatic rings. The SMILES string of the molecule is Cc1ccc(CNC(=O)c2ccc3c(c2)Cc2cccc(c2)C(=O)NCCOCCO3)cc1. The Kier molecular flexibility index (Phi) is 7.37. The molecule has 0 spiro atoms. The molecule has 1 heterocycles. The van der Waals surface area contributed by atoms with Crippen molar-refractivity contribution in [2.45, 2.75) is 19.9 Å². The number of aryl methyl sites for hydroxylation is 1. The van der Waals surface area contributed by atoms with Crippen molar-refractivity contribution in [1.29, 1.82) is 0 Å². The molecule has 0 atom stereocenters. The predicted molar refractivity (Wildman–Crippen MR) is 127 cm³/mol. The average Bonchev–Trinajstić information content (AvgIpc) is 2.83. The van der Waals surface area contributed by atoms with Crippen molar-refractivity contribution >= 4 is 11.8 Å². The molecular weight excluding hydrogens is 416 g/mol. The molecule has 6 nitrogen and oxygen atoms in total. The topological polar surface area (TPSA) is 76.7 Å². The normalized spacial score (nSPS) is 14.3. The molecule has 0 fully saturated rings. The van der Waals surface area contributed by atoms with Gasteiger partial charge in [0.25, 0.3) is 11.8 Å². The van der Waals surface area contributed by atoms with Gasteiger partial charge in [0.2, 0.25) is 0 Å². The molecule has 2 bridgehead atoms. The smallest absolute Gasteiger partial charge is 0.251 e. The number of benzene rings is 3. The summed E-state index contributed by atoms with van der Waals surface area (Å²) in [4.78, 5) is 25.2. The fourth-order valence-corrected chi connectivity index (χ4v) is 3.68. The number of carbonyl (C=O) groups is 2. The third-order valence-electron chi connectivity index (χ3n) is 5.50. The highest BCUT2D eigenvalue weighted by Crippen LogP contribution is 2.24. The van der Waals surface area contributed by atoms with Crippen molar-refractivity contribution < 1.29 is 19.1 Å². The first-order chi connectivity index (χ1) is 16.1. The highest BCUT2D eigenvalue weighted by atomic mass is 16.5. The van der Waals surface area contributed by atoms with Gasteiger partial charge in [-0.25, -0.2) is 0 Å². The van der Waals surface area contributed by atoms with E-state index in [1.54, 1.807) is 12.1 Å². The number of hydrogen-bond acceptors (Lipinski definition) is 4. The number of amides is 2. The van der Waals surface area contributed by atoms with E-state index in [1.165, 1.54) is 5.56 Å². The molecule has 6 heteroatoms. The van der Waals surface area contributed by atoms with Gasteiger partial charge in [0.1, 0.15) is 12.4 Å². The van der Waals surface area contributed by atoms with Gasteiger partial charge in [-0.05, 0) is 53.9 Å². The lowest BCUT2D eigenvalue weighted by Gasteiger charge is -2.15. The molecule has 0 aliphatic carbocycles. The highest BCUT2D eigenvalue weighted by Gasteiger charge is 2.13. The standard InChI is InChI=1S/C27H28N2O4/c1-19-5-7-20(8-6-19)18-29-27(31)23-9-10-25-24(17-23)16-21-3-2-4-22(15-21)26(30)28-11-12-32-13-14-33-25/h2-10,15,17H,11-14,16,18H2,1H3,(H,28,30)(H,29,31). The van der Waals surface area contributed by atoms with Crippen LogP contribution in [0.4, 0.5) is 0 Å². The molecule has 3 aromatic carbocycles. The van der Waals surface area contributed by atoms with Crippen LogP contribution in [0, 0.1) is 6.92 Å². The summed E-state index contributed by atoms with van der Waals surface area (Å²) in [5.74, 6) is 0.438. The molecule has 3 aromatic rings. The number of carbonyl (C=O) groups excluding carboxylic acids is 2. The molecule has 2 N–H and O–H groups in total. The van der Waals surface area contributed by atoms with Crippen molar-refractivity contribution in [2.24, 2.45) is 0 Å². The van der Waals surface area contributed by atoms with Crippen molar-refractivity contribution in [3.63, 3.8) is 0 Å². The lowest BCUT2D eigenvalue weighted by atomic mass is 9.99. The fraction of sp³-hybridized carbons (Fsp3) is 0.259. The van der Waals surface area contributed by atoms with Crippen LogP contribution < -0.4 is 15.4 Å². The maximum absolute atomic E-state index is 12.8. The van der Waals surface area contributed by atoms with Gasteiger partial charge in [0.05, 0.1) is 13.2 Å². The maximum atomic E-state index is 12.8. The Bertz CT molecular complexity index is 1130. The van der Waals surface area contributed by atoms with Crippen molar-refractivity contribution in [3.05, 3.63) is 100 Å². The van der Waals surface area contributed by atoms with E-state index in [-0.39, 0.29) is 11.8 Å². The first-order valence-electron chi connectivity index (χ1n) is 11.1. The largest absolute Gasteiger partial charge is 0.491 e. The maximum Gasteiger partial charge on any atom is 0.251 e. The van der Waals surface area contributed by atoms with Crippen LogP contribution in [0.5, 0.6) is 5.75 Å². The summed E-state index contributed by atoms with van der Waals surface area (Å²) < 4.78 is 11.5. The summed E-state index contributed by atoms with van der Waals surface area (Å²) in [6.07, 6.45) is 0.538. The van der Waals surface area contributed by atoms with Gasteiger partial charge in [-0.2, -0.15) is 0 Å². The quantitative estimate of drug-likeness (QED) is 0.647. The predicted octanol–water partition coefficient (Wildman–Crippen LogP) is 3.65. The van der Waals surface area contributed by atoms with Crippen molar-refractivity contribution in [3.8, 4) is 5.75 Å². The third kappa shape index (κ3) is 6.20. The number of fused-ring (bicyclic) bond motifs is 3. The van der Waals surface area contributed by atoms with E-state index < -0.39 is 0 Å². The lowest BCUT2D eigenvalue weighted by Crippen LogP contribution is -2.28. The number of nitrogens with one attached hydrogen (secondary N) is 2. The summed E-state index contributed by atoms with van der Waals surface area (Å²) in [7, 11) is 0. The minimum absolute atomic E-state index is 0.127. The molecule has 2 amide bonds. The van der Waals surface area contributed by atoms with Gasteiger partial charge >= 0.3 is 0 Å². The van der Waals surface area contributed by atoms with Gasteiger partial charge in [-0.3, -0.25) is 9.59 Å². The second-order valence-electron chi connectivity index (χ2n) is 8.08. The van der Waals surface area contributed by atoms with Gasteiger partial charge in [0.15, 0.2) is 0 Å². The first-order valence-corrected chi connectivity index (χ1v) is 11.1. The average molecular weight is 445 g/mol. The molecule has 170 valence electrons. The Morgan fingerprint density at radius 3 is 2.70 bits per heavy atom. The zero-order chi connectivity index (χ0) is 23.0. The van der Waals surface area contributed by atoms with Crippen LogP contribution >= 0.6 is 0 Å². The number of ether oxygens (including phenoxy) is 2. The van der Waals surface area contributed by atoms with E-state index in [0.29, 0.717) is 56.2 Å². The fourth-order valence-electron chi connectivity index (χ4n) is 3.68. The zero-order valence-corrected chi connectivity index (χ0v) is 18.7. The molecular formula is C27H28N2O4. The monoisotopic (exact) mass is 444 g/mol. The summed E-state index contributed by atoms with van der Waals surface area (Å²) in [6.45, 7) is 4.16. The Balaban J connectivity index is 1.55. The van der Waals surface area contributed by atoms with Crippen LogP contribution in [0.2, 0.25) is 0 Å². The van der Waals surface area contributed by atoms with Crippen LogP contribution in [-0.4, -0.2) is 38.2 Å². The van der Waals surface area contributed by atoms with E-state index in [1.807, 2.05) is 61.5 Å². The zero-order valence-electron chi connectivity index (χ0n) is 18.7. The van der Waals surface area contributed by atoms with Crippen LogP contribution in [0.15, 0.2) is 66.7 Å². The number of rotatable bonds is 3. The van der Waals surface area contributed by atoms with Crippen LogP contribution in [-0.2, 0) is 17.7 Å². The first kappa shape index (κ1) is 22.6. The highest BCUT2D eigenvalue weighted by molar-refractivity contribution is 5.95. The molecule has 4 rings (SSSR count). The summed E-state index contributed by atoms with van der Waals surface area (Å²) in [5, 5.41) is 5.85. The molecule has 33 heavy (non-hydrogen) atoms. The molecule has 0 saturated heterocycles. The van der Waals surface area contributed by atoms with E-state index in [2.05, 4.69) is 10.6 Å². The van der Waals surface area contributed by atoms with Gasteiger partial charge in [0, 0.05) is 30.6 Å². The van der Waals surface area contributed by atoms with E-state index in [0.717, 1.165) is 16.7 Å². The molecule has 0 aromatic heterocycles. The van der Waals surface area contributed by atoms with Crippen LogP contribution in [0.1, 0.15) is 43.0 Å². The second-order valence-corrected chi connectivity index (χ2v) is 8.08. The summed E-state index contributed by atoms with van der Waals surface area (Å²) in [6, 6.07) is 21.1. The molecule has 0 radical (unpaired) electrons. The Labute approximate surface area is 193 Å². The summed E-state index contributed by atoms with van der Waals surface area (Å²) >= 11 is 0. The minimum Gasteiger partial charge on any atom is -0.491 e. The Morgan fingerprint density at radius 2 is 1.85 bits per heavy atom. The van der Waals surface area contributed by atoms with Gasteiger partial charge in [-0.15, -0.1) is 0 Å². The Morgan fingerprint density at radius 1 is 1.00 bits per heavy atom.